The smallest absolute Gasteiger partial charge is 0.181 e. The third kappa shape index (κ3) is 3.60. The van der Waals surface area contributed by atoms with Crippen LogP contribution in [0.1, 0.15) is 39.1 Å². The van der Waals surface area contributed by atoms with Gasteiger partial charge in [0.05, 0.1) is 5.69 Å². The summed E-state index contributed by atoms with van der Waals surface area (Å²) in [6.45, 7) is 11.7. The van der Waals surface area contributed by atoms with E-state index in [-0.39, 0.29) is 0 Å². The molecule has 14 heavy (non-hydrogen) atoms. The molecular formula is C12H19NO. The van der Waals surface area contributed by atoms with Gasteiger partial charge in [-0.3, -0.25) is 0 Å². The summed E-state index contributed by atoms with van der Waals surface area (Å²) in [5, 5.41) is 0. The van der Waals surface area contributed by atoms with Crippen LogP contribution in [0.4, 0.5) is 0 Å². The number of hydrogen-bond donors (Lipinski definition) is 0. The monoisotopic (exact) mass is 193 g/mol. The largest absolute Gasteiger partial charge is 0.444 e. The van der Waals surface area contributed by atoms with E-state index >= 15 is 0 Å². The predicted molar refractivity (Wildman–Crippen MR) is 61.1 cm³/mol. The molecule has 0 N–H and O–H groups in total. The summed E-state index contributed by atoms with van der Waals surface area (Å²) in [6, 6.07) is 0. The zero-order valence-electron chi connectivity index (χ0n) is 9.50. The van der Waals surface area contributed by atoms with E-state index in [4.69, 9.17) is 4.42 Å². The molecule has 0 aliphatic heterocycles. The Morgan fingerprint density at radius 2 is 2.21 bits per heavy atom. The number of aromatic nitrogens is 1. The Morgan fingerprint density at radius 1 is 1.57 bits per heavy atom. The Balaban J connectivity index is 0.000000791. The van der Waals surface area contributed by atoms with E-state index in [1.807, 2.05) is 26.8 Å². The molecule has 0 aromatic carbocycles. The lowest BCUT2D eigenvalue weighted by molar-refractivity contribution is 0.546. The third-order valence-electron chi connectivity index (χ3n) is 1.69. The second kappa shape index (κ2) is 7.13. The maximum atomic E-state index is 5.19. The molecule has 0 atom stereocenters. The molecule has 0 radical (unpaired) electrons. The molecular weight excluding hydrogens is 174 g/mol. The van der Waals surface area contributed by atoms with Gasteiger partial charge in [-0.1, -0.05) is 33.4 Å². The first-order valence-electron chi connectivity index (χ1n) is 5.01. The Kier molecular flexibility index (Phi) is 6.46. The van der Waals surface area contributed by atoms with Gasteiger partial charge in [0.15, 0.2) is 12.2 Å². The van der Waals surface area contributed by atoms with Gasteiger partial charge in [0.2, 0.25) is 0 Å². The Labute approximate surface area is 86.4 Å². The lowest BCUT2D eigenvalue weighted by Crippen LogP contribution is -1.82. The minimum Gasteiger partial charge on any atom is -0.444 e. The van der Waals surface area contributed by atoms with Crippen LogP contribution in [0.25, 0.3) is 6.08 Å². The molecule has 1 aromatic rings. The van der Waals surface area contributed by atoms with Crippen molar-refractivity contribution in [2.45, 2.75) is 34.1 Å². The average molecular weight is 193 g/mol. The lowest BCUT2D eigenvalue weighted by Gasteiger charge is -1.91. The quantitative estimate of drug-likeness (QED) is 0.681. The maximum absolute atomic E-state index is 5.19. The van der Waals surface area contributed by atoms with Crippen molar-refractivity contribution in [3.63, 3.8) is 0 Å². The Hall–Kier alpha value is -1.31. The average Bonchev–Trinajstić information content (AvgIpc) is 2.68. The van der Waals surface area contributed by atoms with Gasteiger partial charge in [-0.25, -0.2) is 4.98 Å². The topological polar surface area (TPSA) is 26.0 Å². The van der Waals surface area contributed by atoms with Crippen LogP contribution in [0.15, 0.2) is 29.0 Å². The van der Waals surface area contributed by atoms with Crippen molar-refractivity contribution in [2.24, 2.45) is 0 Å². The van der Waals surface area contributed by atoms with Gasteiger partial charge in [0, 0.05) is 0 Å². The summed E-state index contributed by atoms with van der Waals surface area (Å²) in [6.07, 6.45) is 6.11. The minimum absolute atomic E-state index is 0.843. The summed E-state index contributed by atoms with van der Waals surface area (Å²) < 4.78 is 5.19. The van der Waals surface area contributed by atoms with Crippen LogP contribution in [0.5, 0.6) is 0 Å². The van der Waals surface area contributed by atoms with Gasteiger partial charge < -0.3 is 4.42 Å². The third-order valence-corrected chi connectivity index (χ3v) is 1.69. The highest BCUT2D eigenvalue weighted by Gasteiger charge is 2.01. The molecule has 0 saturated carbocycles. The normalized spacial score (nSPS) is 10.4. The molecule has 0 bridgehead atoms. The highest BCUT2D eigenvalue weighted by atomic mass is 16.3. The number of rotatable bonds is 3. The predicted octanol–water partition coefficient (Wildman–Crippen LogP) is 3.85. The van der Waals surface area contributed by atoms with E-state index in [1.165, 1.54) is 6.39 Å². The molecule has 0 amide bonds. The van der Waals surface area contributed by atoms with Gasteiger partial charge in [-0.15, -0.1) is 0 Å². The SMILES string of the molecule is C=C/C(C)=C\c1ocnc1CC.CC. The van der Waals surface area contributed by atoms with Gasteiger partial charge in [-0.2, -0.15) is 0 Å². The zero-order chi connectivity index (χ0) is 11.0. The lowest BCUT2D eigenvalue weighted by atomic mass is 10.2. The van der Waals surface area contributed by atoms with E-state index in [9.17, 15) is 0 Å². The maximum Gasteiger partial charge on any atom is 0.181 e. The van der Waals surface area contributed by atoms with Gasteiger partial charge >= 0.3 is 0 Å². The van der Waals surface area contributed by atoms with Crippen molar-refractivity contribution < 1.29 is 4.42 Å². The molecule has 1 rings (SSSR count). The van der Waals surface area contributed by atoms with Crippen molar-refractivity contribution in [1.82, 2.24) is 4.98 Å². The fourth-order valence-corrected chi connectivity index (χ4v) is 0.927. The van der Waals surface area contributed by atoms with Crippen molar-refractivity contribution >= 4 is 6.08 Å². The van der Waals surface area contributed by atoms with Crippen molar-refractivity contribution in [3.05, 3.63) is 36.1 Å². The van der Waals surface area contributed by atoms with Crippen LogP contribution >= 0.6 is 0 Å². The number of hydrogen-bond acceptors (Lipinski definition) is 2. The summed E-state index contributed by atoms with van der Waals surface area (Å²) in [5.41, 5.74) is 2.08. The van der Waals surface area contributed by atoms with Crippen LogP contribution < -0.4 is 0 Å². The highest BCUT2D eigenvalue weighted by molar-refractivity contribution is 5.51. The van der Waals surface area contributed by atoms with Gasteiger partial charge in [0.25, 0.3) is 0 Å². The van der Waals surface area contributed by atoms with Crippen molar-refractivity contribution in [2.75, 3.05) is 0 Å². The van der Waals surface area contributed by atoms with Crippen LogP contribution in [0, 0.1) is 0 Å². The fourth-order valence-electron chi connectivity index (χ4n) is 0.927. The second-order valence-electron chi connectivity index (χ2n) is 2.61. The molecule has 0 fully saturated rings. The first kappa shape index (κ1) is 12.7. The molecule has 2 heteroatoms. The zero-order valence-corrected chi connectivity index (χ0v) is 9.50. The van der Waals surface area contributed by atoms with Crippen LogP contribution in [-0.4, -0.2) is 4.98 Å². The second-order valence-corrected chi connectivity index (χ2v) is 2.61. The first-order chi connectivity index (χ1) is 6.77. The molecule has 0 aliphatic carbocycles. The fraction of sp³-hybridized carbons (Fsp3) is 0.417. The molecule has 0 spiro atoms. The van der Waals surface area contributed by atoms with E-state index in [1.54, 1.807) is 6.08 Å². The molecule has 0 unspecified atom stereocenters. The van der Waals surface area contributed by atoms with Crippen molar-refractivity contribution in [1.29, 1.82) is 0 Å². The number of aryl methyl sites for hydroxylation is 1. The van der Waals surface area contributed by atoms with Crippen LogP contribution in [-0.2, 0) is 6.42 Å². The summed E-state index contributed by atoms with van der Waals surface area (Å²) in [4.78, 5) is 4.08. The number of allylic oxidation sites excluding steroid dienone is 2. The van der Waals surface area contributed by atoms with Crippen LogP contribution in [0.3, 0.4) is 0 Å². The van der Waals surface area contributed by atoms with Crippen LogP contribution in [0.2, 0.25) is 0 Å². The van der Waals surface area contributed by atoms with E-state index < -0.39 is 0 Å². The molecule has 0 aliphatic rings. The van der Waals surface area contributed by atoms with Crippen molar-refractivity contribution in [3.8, 4) is 0 Å². The van der Waals surface area contributed by atoms with E-state index in [0.29, 0.717) is 0 Å². The standard InChI is InChI=1S/C10H13NO.C2H6/c1-4-8(3)6-10-9(5-2)11-7-12-10;1-2/h4,6-7H,1,5H2,2-3H3;1-2H3/b8-6-;. The Morgan fingerprint density at radius 3 is 2.71 bits per heavy atom. The summed E-state index contributed by atoms with van der Waals surface area (Å²) in [7, 11) is 0. The molecule has 1 aromatic heterocycles. The number of oxazole rings is 1. The summed E-state index contributed by atoms with van der Waals surface area (Å²) >= 11 is 0. The molecule has 1 heterocycles. The molecule has 78 valence electrons. The summed E-state index contributed by atoms with van der Waals surface area (Å²) in [5.74, 6) is 0.843. The first-order valence-corrected chi connectivity index (χ1v) is 5.01. The number of nitrogens with zero attached hydrogens (tertiary/aromatic N) is 1. The highest BCUT2D eigenvalue weighted by Crippen LogP contribution is 2.12. The Bertz CT molecular complexity index is 297. The van der Waals surface area contributed by atoms with Gasteiger partial charge in [-0.05, 0) is 25.0 Å². The van der Waals surface area contributed by atoms with E-state index in [2.05, 4.69) is 18.5 Å². The van der Waals surface area contributed by atoms with Gasteiger partial charge in [0.1, 0.15) is 0 Å². The minimum atomic E-state index is 0.843. The molecule has 2 nitrogen and oxygen atoms in total. The molecule has 0 saturated heterocycles. The van der Waals surface area contributed by atoms with E-state index in [0.717, 1.165) is 23.4 Å².